The van der Waals surface area contributed by atoms with Crippen LogP contribution in [0.25, 0.3) is 6.08 Å². The standard InChI is InChI=1S/C25H27IN2O4S/c1-15-22-19(10-11-25(15,26)30-2)21(13-20(28-22)23(27)33)32-18-9-8-17(12-18)24(29)31-14-16-6-4-3-5-7-16/h3-7,10-11,13,15,17-18H,8-9,12,14H2,1-2H3,(H2,27,33)/t15?,17-,18+,25?/m0/s1. The monoisotopic (exact) mass is 578 g/mol. The lowest BCUT2D eigenvalue weighted by Gasteiger charge is -2.34. The lowest BCUT2D eigenvalue weighted by molar-refractivity contribution is -0.149. The highest BCUT2D eigenvalue weighted by atomic mass is 127. The number of ether oxygens (including phenoxy) is 3. The van der Waals surface area contributed by atoms with Crippen molar-refractivity contribution in [1.82, 2.24) is 4.98 Å². The number of carbonyl (C=O) groups excluding carboxylic acids is 1. The quantitative estimate of drug-likeness (QED) is 0.216. The fourth-order valence-electron chi connectivity index (χ4n) is 4.33. The average molecular weight is 578 g/mol. The van der Waals surface area contributed by atoms with Gasteiger partial charge in [0.2, 0.25) is 0 Å². The van der Waals surface area contributed by atoms with Crippen molar-refractivity contribution in [2.75, 3.05) is 7.11 Å². The van der Waals surface area contributed by atoms with Gasteiger partial charge in [-0.05, 0) is 59.6 Å². The Morgan fingerprint density at radius 2 is 2.06 bits per heavy atom. The van der Waals surface area contributed by atoms with E-state index in [0.29, 0.717) is 17.9 Å². The molecule has 4 rings (SSSR count). The lowest BCUT2D eigenvalue weighted by Crippen LogP contribution is -2.32. The summed E-state index contributed by atoms with van der Waals surface area (Å²) in [4.78, 5) is 17.5. The van der Waals surface area contributed by atoms with E-state index in [-0.39, 0.29) is 35.5 Å². The summed E-state index contributed by atoms with van der Waals surface area (Å²) in [6.07, 6.45) is 6.03. The van der Waals surface area contributed by atoms with Crippen LogP contribution in [0.1, 0.15) is 54.6 Å². The highest BCUT2D eigenvalue weighted by molar-refractivity contribution is 14.1. The van der Waals surface area contributed by atoms with Gasteiger partial charge in [-0.15, -0.1) is 0 Å². The normalized spacial score (nSPS) is 26.0. The third-order valence-corrected chi connectivity index (χ3v) is 8.27. The van der Waals surface area contributed by atoms with Gasteiger partial charge in [-0.1, -0.05) is 49.5 Å². The minimum Gasteiger partial charge on any atom is -0.490 e. The van der Waals surface area contributed by atoms with Crippen molar-refractivity contribution in [2.45, 2.75) is 48.4 Å². The molecule has 1 aromatic carbocycles. The first kappa shape index (κ1) is 24.1. The van der Waals surface area contributed by atoms with E-state index in [4.69, 9.17) is 37.1 Å². The molecule has 1 saturated carbocycles. The summed E-state index contributed by atoms with van der Waals surface area (Å²) in [5, 5.41) is 0. The molecule has 8 heteroatoms. The highest BCUT2D eigenvalue weighted by Gasteiger charge is 2.39. The fourth-order valence-corrected chi connectivity index (χ4v) is 4.91. The Morgan fingerprint density at radius 3 is 2.76 bits per heavy atom. The Morgan fingerprint density at radius 1 is 1.30 bits per heavy atom. The number of pyridine rings is 1. The van der Waals surface area contributed by atoms with Gasteiger partial charge in [0.25, 0.3) is 0 Å². The van der Waals surface area contributed by atoms with Crippen molar-refractivity contribution < 1.29 is 19.0 Å². The fraction of sp³-hybridized carbons (Fsp3) is 0.400. The van der Waals surface area contributed by atoms with E-state index >= 15 is 0 Å². The maximum atomic E-state index is 12.6. The number of benzene rings is 1. The maximum absolute atomic E-state index is 12.6. The van der Waals surface area contributed by atoms with Crippen LogP contribution >= 0.6 is 34.8 Å². The largest absolute Gasteiger partial charge is 0.490 e. The number of hydrogen-bond acceptors (Lipinski definition) is 6. The van der Waals surface area contributed by atoms with E-state index in [9.17, 15) is 4.79 Å². The number of nitrogens with zero attached hydrogens (tertiary/aromatic N) is 1. The van der Waals surface area contributed by atoms with Crippen LogP contribution in [0.15, 0.2) is 42.5 Å². The molecule has 2 aliphatic rings. The third kappa shape index (κ3) is 5.22. The average Bonchev–Trinajstić information content (AvgIpc) is 3.29. The molecule has 2 unspecified atom stereocenters. The summed E-state index contributed by atoms with van der Waals surface area (Å²) < 4.78 is 17.1. The number of esters is 1. The van der Waals surface area contributed by atoms with Crippen molar-refractivity contribution in [3.05, 3.63) is 65.0 Å². The number of fused-ring (bicyclic) bond motifs is 1. The Kier molecular flexibility index (Phi) is 7.35. The molecule has 0 saturated heterocycles. The Labute approximate surface area is 213 Å². The van der Waals surface area contributed by atoms with Gasteiger partial charge >= 0.3 is 5.97 Å². The second kappa shape index (κ2) is 10.1. The predicted molar refractivity (Wildman–Crippen MR) is 139 cm³/mol. The van der Waals surface area contributed by atoms with Crippen LogP contribution in [0.3, 0.4) is 0 Å². The van der Waals surface area contributed by atoms with E-state index < -0.39 is 3.61 Å². The summed E-state index contributed by atoms with van der Waals surface area (Å²) in [6.45, 7) is 2.35. The number of carbonyl (C=O) groups is 1. The second-order valence-electron chi connectivity index (χ2n) is 8.47. The third-order valence-electron chi connectivity index (χ3n) is 6.33. The first-order chi connectivity index (χ1) is 15.8. The van der Waals surface area contributed by atoms with Crippen LogP contribution in [0.5, 0.6) is 5.75 Å². The molecule has 1 heterocycles. The number of methoxy groups -OCH3 is 1. The molecular formula is C25H27IN2O4S. The minimum atomic E-state index is -0.509. The van der Waals surface area contributed by atoms with Gasteiger partial charge in [-0.3, -0.25) is 4.79 Å². The summed E-state index contributed by atoms with van der Waals surface area (Å²) >= 11 is 7.49. The van der Waals surface area contributed by atoms with Crippen molar-refractivity contribution in [3.63, 3.8) is 0 Å². The molecule has 6 nitrogen and oxygen atoms in total. The first-order valence-electron chi connectivity index (χ1n) is 11.0. The van der Waals surface area contributed by atoms with Crippen LogP contribution in [0.4, 0.5) is 0 Å². The number of rotatable bonds is 7. The van der Waals surface area contributed by atoms with Gasteiger partial charge in [0.05, 0.1) is 17.7 Å². The number of hydrogen-bond donors (Lipinski definition) is 1. The summed E-state index contributed by atoms with van der Waals surface area (Å²) in [5.74, 6) is 0.318. The van der Waals surface area contributed by atoms with E-state index in [2.05, 4.69) is 29.5 Å². The Hall–Kier alpha value is -2.04. The van der Waals surface area contributed by atoms with Crippen molar-refractivity contribution in [2.24, 2.45) is 11.7 Å². The van der Waals surface area contributed by atoms with Crippen LogP contribution in [0.2, 0.25) is 0 Å². The number of halogens is 1. The van der Waals surface area contributed by atoms with Gasteiger partial charge in [0.15, 0.2) is 0 Å². The van der Waals surface area contributed by atoms with E-state index in [1.165, 1.54) is 0 Å². The molecule has 4 atom stereocenters. The smallest absolute Gasteiger partial charge is 0.309 e. The topological polar surface area (TPSA) is 83.7 Å². The summed E-state index contributed by atoms with van der Waals surface area (Å²) in [6, 6.07) is 11.5. The molecule has 2 aliphatic carbocycles. The van der Waals surface area contributed by atoms with Gasteiger partial charge in [-0.25, -0.2) is 4.98 Å². The van der Waals surface area contributed by atoms with Crippen LogP contribution in [-0.4, -0.2) is 32.8 Å². The Bertz CT molecular complexity index is 1080. The van der Waals surface area contributed by atoms with Crippen molar-refractivity contribution >= 4 is 51.8 Å². The summed E-state index contributed by atoms with van der Waals surface area (Å²) in [7, 11) is 1.68. The second-order valence-corrected chi connectivity index (χ2v) is 10.6. The molecule has 0 radical (unpaired) electrons. The predicted octanol–water partition coefficient (Wildman–Crippen LogP) is 4.91. The number of aromatic nitrogens is 1. The van der Waals surface area contributed by atoms with Gasteiger partial charge in [0.1, 0.15) is 26.6 Å². The SMILES string of the molecule is COC1(I)C=Cc2c(O[C@@H]3CC[C@H](C(=O)OCc4ccccc4)C3)cc(C(N)=S)nc2C1C. The number of thiocarbonyl (C=S) groups is 1. The van der Waals surface area contributed by atoms with E-state index in [1.807, 2.05) is 42.5 Å². The van der Waals surface area contributed by atoms with Crippen LogP contribution in [-0.2, 0) is 20.9 Å². The molecule has 0 bridgehead atoms. The molecule has 2 aromatic rings. The van der Waals surface area contributed by atoms with Gasteiger partial charge in [0, 0.05) is 24.7 Å². The summed E-state index contributed by atoms with van der Waals surface area (Å²) in [5.41, 5.74) is 9.16. The molecule has 0 spiro atoms. The lowest BCUT2D eigenvalue weighted by atomic mass is 9.89. The van der Waals surface area contributed by atoms with Crippen LogP contribution in [0, 0.1) is 5.92 Å². The highest BCUT2D eigenvalue weighted by Crippen LogP contribution is 2.45. The van der Waals surface area contributed by atoms with Gasteiger partial charge in [-0.2, -0.15) is 0 Å². The molecule has 33 heavy (non-hydrogen) atoms. The van der Waals surface area contributed by atoms with E-state index in [0.717, 1.165) is 29.7 Å². The zero-order chi connectivity index (χ0) is 23.6. The van der Waals surface area contributed by atoms with Crippen molar-refractivity contribution in [3.8, 4) is 5.75 Å². The first-order valence-corrected chi connectivity index (χ1v) is 12.4. The number of alkyl halides is 1. The molecular weight excluding hydrogens is 551 g/mol. The Balaban J connectivity index is 1.48. The zero-order valence-corrected chi connectivity index (χ0v) is 21.6. The van der Waals surface area contributed by atoms with Crippen molar-refractivity contribution in [1.29, 1.82) is 0 Å². The molecule has 1 fully saturated rings. The molecule has 2 N–H and O–H groups in total. The molecule has 1 aromatic heterocycles. The molecule has 0 amide bonds. The molecule has 174 valence electrons. The maximum Gasteiger partial charge on any atom is 0.309 e. The zero-order valence-electron chi connectivity index (χ0n) is 18.6. The minimum absolute atomic E-state index is 0.0240. The molecule has 0 aliphatic heterocycles. The van der Waals surface area contributed by atoms with Gasteiger partial charge < -0.3 is 19.9 Å². The van der Waals surface area contributed by atoms with E-state index in [1.54, 1.807) is 13.2 Å². The van der Waals surface area contributed by atoms with Crippen LogP contribution < -0.4 is 10.5 Å². The number of nitrogens with two attached hydrogens (primary N) is 1.